The first-order valence-corrected chi connectivity index (χ1v) is 8.40. The second-order valence-electron chi connectivity index (χ2n) is 3.51. The van der Waals surface area contributed by atoms with Gasteiger partial charge in [-0.05, 0) is 0 Å². The van der Waals surface area contributed by atoms with Gasteiger partial charge in [0, 0.05) is 0 Å². The standard InChI is InChI=1S/C9H10N6O4S2/c10-1-5-14(6-2-11)20(16,17)9-21(18,19)15(7-3-12)8-4-13/h5-9H2. The summed E-state index contributed by atoms with van der Waals surface area (Å²) >= 11 is 0. The topological polar surface area (TPSA) is 170 Å². The quantitative estimate of drug-likeness (QED) is 0.474. The Morgan fingerprint density at radius 1 is 0.619 bits per heavy atom. The predicted octanol–water partition coefficient (Wildman–Crippen LogP) is -1.70. The summed E-state index contributed by atoms with van der Waals surface area (Å²) in [4.78, 5) is 0. The summed E-state index contributed by atoms with van der Waals surface area (Å²) in [6, 6.07) is 6.03. The SMILES string of the molecule is N#CCN(CC#N)S(=O)(=O)CS(=O)(=O)N(CC#N)CC#N. The van der Waals surface area contributed by atoms with E-state index in [0.717, 1.165) is 0 Å². The Kier molecular flexibility index (Phi) is 7.29. The molecular formula is C9H10N6O4S2. The lowest BCUT2D eigenvalue weighted by Gasteiger charge is -2.19. The first-order chi connectivity index (χ1) is 9.75. The number of rotatable bonds is 8. The Hall–Kier alpha value is -2.22. The average molecular weight is 330 g/mol. The number of hydrogen-bond donors (Lipinski definition) is 0. The fraction of sp³-hybridized carbons (Fsp3) is 0.556. The van der Waals surface area contributed by atoms with Gasteiger partial charge in [0.15, 0.2) is 5.08 Å². The summed E-state index contributed by atoms with van der Waals surface area (Å²) in [5.41, 5.74) is 0. The van der Waals surface area contributed by atoms with Gasteiger partial charge in [-0.25, -0.2) is 16.8 Å². The minimum absolute atomic E-state index is 0.404. The van der Waals surface area contributed by atoms with Gasteiger partial charge in [0.05, 0.1) is 24.3 Å². The molecule has 0 heterocycles. The van der Waals surface area contributed by atoms with Crippen LogP contribution < -0.4 is 0 Å². The maximum Gasteiger partial charge on any atom is 0.231 e. The molecule has 0 aromatic rings. The summed E-state index contributed by atoms with van der Waals surface area (Å²) in [6.07, 6.45) is 0. The Bertz CT molecular complexity index is 635. The van der Waals surface area contributed by atoms with Crippen LogP contribution >= 0.6 is 0 Å². The van der Waals surface area contributed by atoms with E-state index in [1.165, 1.54) is 24.3 Å². The van der Waals surface area contributed by atoms with Crippen LogP contribution in [0.5, 0.6) is 0 Å². The lowest BCUT2D eigenvalue weighted by Crippen LogP contribution is -2.42. The molecule has 0 aromatic heterocycles. The second kappa shape index (κ2) is 8.15. The molecule has 0 saturated carbocycles. The number of nitriles is 4. The Balaban J connectivity index is 5.42. The van der Waals surface area contributed by atoms with Crippen molar-refractivity contribution < 1.29 is 16.8 Å². The van der Waals surface area contributed by atoms with E-state index in [2.05, 4.69) is 0 Å². The van der Waals surface area contributed by atoms with E-state index in [9.17, 15) is 16.8 Å². The molecule has 0 rings (SSSR count). The van der Waals surface area contributed by atoms with Crippen molar-refractivity contribution in [2.24, 2.45) is 0 Å². The Morgan fingerprint density at radius 3 is 1.05 bits per heavy atom. The third kappa shape index (κ3) is 5.74. The molecule has 0 bridgehead atoms. The zero-order valence-electron chi connectivity index (χ0n) is 10.7. The third-order valence-electron chi connectivity index (χ3n) is 2.07. The molecule has 0 N–H and O–H groups in total. The van der Waals surface area contributed by atoms with E-state index in [4.69, 9.17) is 21.0 Å². The largest absolute Gasteiger partial charge is 0.231 e. The van der Waals surface area contributed by atoms with Crippen LogP contribution in [0, 0.1) is 45.3 Å². The summed E-state index contributed by atoms with van der Waals surface area (Å²) in [7, 11) is -8.89. The van der Waals surface area contributed by atoms with Gasteiger partial charge in [0.2, 0.25) is 20.0 Å². The van der Waals surface area contributed by atoms with E-state index in [1.807, 2.05) is 0 Å². The van der Waals surface area contributed by atoms with E-state index >= 15 is 0 Å². The predicted molar refractivity (Wildman–Crippen MR) is 68.3 cm³/mol. The lowest BCUT2D eigenvalue weighted by molar-refractivity contribution is 0.469. The molecule has 12 heteroatoms. The fourth-order valence-electron chi connectivity index (χ4n) is 1.16. The van der Waals surface area contributed by atoms with Crippen LogP contribution in [-0.4, -0.2) is 56.7 Å². The van der Waals surface area contributed by atoms with Gasteiger partial charge >= 0.3 is 0 Å². The van der Waals surface area contributed by atoms with Crippen molar-refractivity contribution in [2.45, 2.75) is 0 Å². The van der Waals surface area contributed by atoms with Gasteiger partial charge < -0.3 is 0 Å². The van der Waals surface area contributed by atoms with Gasteiger partial charge in [-0.1, -0.05) is 0 Å². The Labute approximate surface area is 122 Å². The van der Waals surface area contributed by atoms with E-state index in [1.54, 1.807) is 0 Å². The van der Waals surface area contributed by atoms with Crippen molar-refractivity contribution in [1.82, 2.24) is 8.61 Å². The number of nitrogens with zero attached hydrogens (tertiary/aromatic N) is 6. The first kappa shape index (κ1) is 18.8. The molecule has 0 spiro atoms. The van der Waals surface area contributed by atoms with Crippen LogP contribution in [0.4, 0.5) is 0 Å². The van der Waals surface area contributed by atoms with Crippen LogP contribution in [0.2, 0.25) is 0 Å². The smallest absolute Gasteiger partial charge is 0.211 e. The summed E-state index contributed by atoms with van der Waals surface area (Å²) < 4.78 is 48.4. The summed E-state index contributed by atoms with van der Waals surface area (Å²) in [6.45, 7) is -2.71. The average Bonchev–Trinajstić information content (AvgIpc) is 2.37. The number of hydrogen-bond acceptors (Lipinski definition) is 8. The highest BCUT2D eigenvalue weighted by atomic mass is 32.3. The molecule has 0 unspecified atom stereocenters. The molecule has 112 valence electrons. The van der Waals surface area contributed by atoms with Crippen LogP contribution in [0.1, 0.15) is 0 Å². The molecule has 0 saturated heterocycles. The van der Waals surface area contributed by atoms with Gasteiger partial charge in [0.25, 0.3) is 0 Å². The summed E-state index contributed by atoms with van der Waals surface area (Å²) in [5, 5.41) is 32.5. The molecular weight excluding hydrogens is 320 g/mol. The van der Waals surface area contributed by atoms with Gasteiger partial charge in [-0.15, -0.1) is 0 Å². The highest BCUT2D eigenvalue weighted by molar-refractivity contribution is 8.05. The normalized spacial score (nSPS) is 11.3. The van der Waals surface area contributed by atoms with Crippen LogP contribution in [0.3, 0.4) is 0 Å². The molecule has 0 aliphatic rings. The van der Waals surface area contributed by atoms with Crippen molar-refractivity contribution in [2.75, 3.05) is 31.3 Å². The van der Waals surface area contributed by atoms with E-state index in [-0.39, 0.29) is 0 Å². The van der Waals surface area contributed by atoms with Gasteiger partial charge in [-0.2, -0.15) is 29.7 Å². The van der Waals surface area contributed by atoms with Crippen LogP contribution in [0.25, 0.3) is 0 Å². The van der Waals surface area contributed by atoms with Crippen molar-refractivity contribution in [3.05, 3.63) is 0 Å². The van der Waals surface area contributed by atoms with Crippen molar-refractivity contribution >= 4 is 20.0 Å². The zero-order valence-corrected chi connectivity index (χ0v) is 12.3. The van der Waals surface area contributed by atoms with Crippen LogP contribution in [-0.2, 0) is 20.0 Å². The van der Waals surface area contributed by atoms with E-state index in [0.29, 0.717) is 8.61 Å². The first-order valence-electron chi connectivity index (χ1n) is 5.18. The van der Waals surface area contributed by atoms with Crippen molar-refractivity contribution in [3.63, 3.8) is 0 Å². The monoisotopic (exact) mass is 330 g/mol. The summed E-state index contributed by atoms with van der Waals surface area (Å²) in [5.74, 6) is 0. The highest BCUT2D eigenvalue weighted by Gasteiger charge is 2.32. The Morgan fingerprint density at radius 2 is 0.857 bits per heavy atom. The van der Waals surface area contributed by atoms with Crippen molar-refractivity contribution in [3.8, 4) is 24.3 Å². The molecule has 0 aliphatic carbocycles. The molecule has 0 amide bonds. The molecule has 0 fully saturated rings. The molecule has 0 radical (unpaired) electrons. The highest BCUT2D eigenvalue weighted by Crippen LogP contribution is 2.09. The maximum absolute atomic E-state index is 11.9. The molecule has 0 atom stereocenters. The molecule has 21 heavy (non-hydrogen) atoms. The zero-order chi connectivity index (χ0) is 16.5. The van der Waals surface area contributed by atoms with Crippen molar-refractivity contribution in [1.29, 1.82) is 21.0 Å². The maximum atomic E-state index is 11.9. The minimum atomic E-state index is -4.45. The van der Waals surface area contributed by atoms with Gasteiger partial charge in [0.1, 0.15) is 26.2 Å². The third-order valence-corrected chi connectivity index (χ3v) is 6.55. The fourth-order valence-corrected chi connectivity index (χ4v) is 4.87. The number of sulfonamides is 2. The second-order valence-corrected chi connectivity index (χ2v) is 7.81. The van der Waals surface area contributed by atoms with Crippen LogP contribution in [0.15, 0.2) is 0 Å². The van der Waals surface area contributed by atoms with Gasteiger partial charge in [-0.3, -0.25) is 0 Å². The molecule has 10 nitrogen and oxygen atoms in total. The minimum Gasteiger partial charge on any atom is -0.211 e. The molecule has 0 aliphatic heterocycles. The lowest BCUT2D eigenvalue weighted by atomic mass is 10.6. The molecule has 0 aromatic carbocycles. The van der Waals surface area contributed by atoms with E-state index < -0.39 is 51.3 Å².